The zero-order valence-corrected chi connectivity index (χ0v) is 16.2. The maximum atomic E-state index is 12.8. The Labute approximate surface area is 160 Å². The minimum atomic E-state index is -0.871. The summed E-state index contributed by atoms with van der Waals surface area (Å²) < 4.78 is 10.8. The summed E-state index contributed by atoms with van der Waals surface area (Å²) in [6.07, 6.45) is 0.702. The van der Waals surface area contributed by atoms with Gasteiger partial charge in [-0.1, -0.05) is 26.0 Å². The average Bonchev–Trinajstić information content (AvgIpc) is 2.68. The van der Waals surface area contributed by atoms with Crippen LogP contribution in [0.4, 0.5) is 0 Å². The van der Waals surface area contributed by atoms with Crippen LogP contribution < -0.4 is 10.1 Å². The zero-order chi connectivity index (χ0) is 19.8. The summed E-state index contributed by atoms with van der Waals surface area (Å²) in [5.41, 5.74) is 1.18. The second-order valence-electron chi connectivity index (χ2n) is 6.52. The number of piperazine rings is 1. The summed E-state index contributed by atoms with van der Waals surface area (Å²) >= 11 is 0. The summed E-state index contributed by atoms with van der Waals surface area (Å²) in [5, 5.41) is 2.70. The van der Waals surface area contributed by atoms with Crippen molar-refractivity contribution in [2.24, 2.45) is 0 Å². The highest BCUT2D eigenvalue weighted by Crippen LogP contribution is 2.17. The monoisotopic (exact) mass is 376 g/mol. The lowest BCUT2D eigenvalue weighted by atomic mass is 10.1. The van der Waals surface area contributed by atoms with Crippen molar-refractivity contribution in [3.8, 4) is 5.75 Å². The van der Waals surface area contributed by atoms with E-state index in [9.17, 15) is 14.4 Å². The number of rotatable bonds is 8. The third kappa shape index (κ3) is 5.70. The number of hydrogen-bond acceptors (Lipinski definition) is 5. The largest absolute Gasteiger partial charge is 0.481 e. The van der Waals surface area contributed by atoms with E-state index in [0.29, 0.717) is 31.9 Å². The van der Waals surface area contributed by atoms with E-state index in [-0.39, 0.29) is 18.2 Å². The van der Waals surface area contributed by atoms with Crippen molar-refractivity contribution in [2.45, 2.75) is 52.2 Å². The van der Waals surface area contributed by atoms with Crippen LogP contribution in [0.3, 0.4) is 0 Å². The normalized spacial score (nSPS) is 17.8. The Morgan fingerprint density at radius 2 is 1.96 bits per heavy atom. The van der Waals surface area contributed by atoms with Crippen molar-refractivity contribution in [2.75, 3.05) is 19.7 Å². The van der Waals surface area contributed by atoms with E-state index in [0.717, 1.165) is 6.42 Å². The second kappa shape index (κ2) is 9.94. The molecule has 0 bridgehead atoms. The predicted octanol–water partition coefficient (Wildman–Crippen LogP) is 1.69. The topological polar surface area (TPSA) is 84.9 Å². The average molecular weight is 376 g/mol. The van der Waals surface area contributed by atoms with Crippen molar-refractivity contribution < 1.29 is 23.9 Å². The summed E-state index contributed by atoms with van der Waals surface area (Å²) in [6, 6.07) is 6.68. The molecule has 2 atom stereocenters. The van der Waals surface area contributed by atoms with E-state index >= 15 is 0 Å². The van der Waals surface area contributed by atoms with Crippen molar-refractivity contribution in [1.82, 2.24) is 10.2 Å². The van der Waals surface area contributed by atoms with E-state index in [2.05, 4.69) is 12.2 Å². The number of benzene rings is 1. The molecule has 7 nitrogen and oxygen atoms in total. The van der Waals surface area contributed by atoms with Crippen LogP contribution in [0.15, 0.2) is 24.3 Å². The van der Waals surface area contributed by atoms with Gasteiger partial charge in [0, 0.05) is 13.1 Å². The molecule has 2 rings (SSSR count). The molecule has 148 valence electrons. The Morgan fingerprint density at radius 1 is 1.26 bits per heavy atom. The Bertz CT molecular complexity index is 659. The lowest BCUT2D eigenvalue weighted by molar-refractivity contribution is -0.154. The van der Waals surface area contributed by atoms with E-state index in [1.54, 1.807) is 6.92 Å². The van der Waals surface area contributed by atoms with Crippen LogP contribution in [0.5, 0.6) is 5.75 Å². The molecular weight excluding hydrogens is 348 g/mol. The molecule has 2 unspecified atom stereocenters. The SMILES string of the molecule is CCCOC(=O)CC1C(=O)NCCN1C(=O)C(C)Oc1ccc(CC)cc1. The van der Waals surface area contributed by atoms with Crippen molar-refractivity contribution in [3.05, 3.63) is 29.8 Å². The fourth-order valence-electron chi connectivity index (χ4n) is 2.91. The smallest absolute Gasteiger partial charge is 0.308 e. The number of aryl methyl sites for hydroxylation is 1. The van der Waals surface area contributed by atoms with Gasteiger partial charge in [-0.15, -0.1) is 0 Å². The van der Waals surface area contributed by atoms with Crippen LogP contribution in [-0.4, -0.2) is 54.5 Å². The van der Waals surface area contributed by atoms with Crippen molar-refractivity contribution in [3.63, 3.8) is 0 Å². The lowest BCUT2D eigenvalue weighted by Gasteiger charge is -2.36. The first-order valence-electron chi connectivity index (χ1n) is 9.45. The van der Waals surface area contributed by atoms with Gasteiger partial charge in [0.15, 0.2) is 6.10 Å². The highest BCUT2D eigenvalue weighted by Gasteiger charge is 2.37. The molecule has 27 heavy (non-hydrogen) atoms. The summed E-state index contributed by atoms with van der Waals surface area (Å²) in [7, 11) is 0. The number of carbonyl (C=O) groups is 3. The molecule has 0 aliphatic carbocycles. The summed E-state index contributed by atoms with van der Waals surface area (Å²) in [4.78, 5) is 38.4. The molecule has 0 radical (unpaired) electrons. The van der Waals surface area contributed by atoms with Gasteiger partial charge < -0.3 is 19.7 Å². The molecule has 0 spiro atoms. The van der Waals surface area contributed by atoms with Crippen LogP contribution in [0, 0.1) is 0 Å². The Kier molecular flexibility index (Phi) is 7.64. The van der Waals surface area contributed by atoms with Crippen LogP contribution in [0.2, 0.25) is 0 Å². The Morgan fingerprint density at radius 3 is 2.59 bits per heavy atom. The van der Waals surface area contributed by atoms with Gasteiger partial charge in [0.1, 0.15) is 11.8 Å². The van der Waals surface area contributed by atoms with Gasteiger partial charge in [-0.25, -0.2) is 0 Å². The third-order valence-corrected chi connectivity index (χ3v) is 4.43. The molecule has 7 heteroatoms. The quantitative estimate of drug-likeness (QED) is 0.698. The molecule has 1 saturated heterocycles. The minimum absolute atomic E-state index is 0.157. The van der Waals surface area contributed by atoms with Crippen molar-refractivity contribution in [1.29, 1.82) is 0 Å². The van der Waals surface area contributed by atoms with Gasteiger partial charge in [0.2, 0.25) is 5.91 Å². The number of carbonyl (C=O) groups excluding carboxylic acids is 3. The molecule has 1 aliphatic rings. The lowest BCUT2D eigenvalue weighted by Crippen LogP contribution is -2.60. The number of ether oxygens (including phenoxy) is 2. The minimum Gasteiger partial charge on any atom is -0.481 e. The van der Waals surface area contributed by atoms with Crippen LogP contribution in [0.1, 0.15) is 39.2 Å². The molecule has 1 N–H and O–H groups in total. The van der Waals surface area contributed by atoms with Gasteiger partial charge in [-0.2, -0.15) is 0 Å². The first-order chi connectivity index (χ1) is 13.0. The highest BCUT2D eigenvalue weighted by molar-refractivity contribution is 5.93. The molecule has 2 amide bonds. The Hall–Kier alpha value is -2.57. The second-order valence-corrected chi connectivity index (χ2v) is 6.52. The number of amides is 2. The maximum Gasteiger partial charge on any atom is 0.308 e. The summed E-state index contributed by atoms with van der Waals surface area (Å²) in [6.45, 7) is 6.59. The van der Waals surface area contributed by atoms with E-state index < -0.39 is 18.1 Å². The molecule has 0 saturated carbocycles. The molecule has 1 aromatic rings. The molecular formula is C20H28N2O5. The van der Waals surface area contributed by atoms with Crippen LogP contribution in [-0.2, 0) is 25.5 Å². The third-order valence-electron chi connectivity index (χ3n) is 4.43. The predicted molar refractivity (Wildman–Crippen MR) is 100 cm³/mol. The van der Waals surface area contributed by atoms with Crippen molar-refractivity contribution >= 4 is 17.8 Å². The molecule has 1 heterocycles. The molecule has 0 aromatic heterocycles. The van der Waals surface area contributed by atoms with E-state index in [4.69, 9.17) is 9.47 Å². The first kappa shape index (κ1) is 20.7. The van der Waals surface area contributed by atoms with Gasteiger partial charge in [0.05, 0.1) is 13.0 Å². The number of hydrogen-bond donors (Lipinski definition) is 1. The standard InChI is InChI=1S/C20H28N2O5/c1-4-12-26-18(23)13-17-19(24)21-10-11-22(17)20(25)14(3)27-16-8-6-15(5-2)7-9-16/h6-9,14,17H,4-5,10-13H2,1-3H3,(H,21,24). The molecule has 1 aromatic carbocycles. The van der Waals surface area contributed by atoms with Gasteiger partial charge in [0.25, 0.3) is 5.91 Å². The van der Waals surface area contributed by atoms with Crippen LogP contribution >= 0.6 is 0 Å². The Balaban J connectivity index is 2.03. The highest BCUT2D eigenvalue weighted by atomic mass is 16.5. The summed E-state index contributed by atoms with van der Waals surface area (Å²) in [5.74, 6) is -0.561. The van der Waals surface area contributed by atoms with Gasteiger partial charge in [-0.05, 0) is 37.5 Å². The number of nitrogens with one attached hydrogen (secondary N) is 1. The maximum absolute atomic E-state index is 12.8. The zero-order valence-electron chi connectivity index (χ0n) is 16.2. The van der Waals surface area contributed by atoms with E-state index in [1.165, 1.54) is 10.5 Å². The van der Waals surface area contributed by atoms with Gasteiger partial charge >= 0.3 is 5.97 Å². The molecule has 1 aliphatic heterocycles. The van der Waals surface area contributed by atoms with E-state index in [1.807, 2.05) is 31.2 Å². The molecule has 1 fully saturated rings. The fourth-order valence-corrected chi connectivity index (χ4v) is 2.91. The fraction of sp³-hybridized carbons (Fsp3) is 0.550. The first-order valence-corrected chi connectivity index (χ1v) is 9.45. The van der Waals surface area contributed by atoms with Gasteiger partial charge in [-0.3, -0.25) is 14.4 Å². The van der Waals surface area contributed by atoms with Crippen LogP contribution in [0.25, 0.3) is 0 Å². The number of nitrogens with zero attached hydrogens (tertiary/aromatic N) is 1. The number of esters is 1.